The summed E-state index contributed by atoms with van der Waals surface area (Å²) >= 11 is 0. The quantitative estimate of drug-likeness (QED) is 0.772. The van der Waals surface area contributed by atoms with Crippen LogP contribution >= 0.6 is 0 Å². The van der Waals surface area contributed by atoms with Crippen molar-refractivity contribution in [1.29, 1.82) is 0 Å². The van der Waals surface area contributed by atoms with Crippen molar-refractivity contribution in [3.05, 3.63) is 53.7 Å². The summed E-state index contributed by atoms with van der Waals surface area (Å²) < 4.78 is 1.94. The number of amides is 1. The normalized spacial score (nSPS) is 16.7. The second-order valence-electron chi connectivity index (χ2n) is 5.87. The Kier molecular flexibility index (Phi) is 3.60. The largest absolute Gasteiger partial charge is 0.309 e. The first-order valence-electron chi connectivity index (χ1n) is 8.09. The van der Waals surface area contributed by atoms with Gasteiger partial charge >= 0.3 is 0 Å². The summed E-state index contributed by atoms with van der Waals surface area (Å²) in [5.41, 5.74) is 3.16. The van der Waals surface area contributed by atoms with Gasteiger partial charge in [-0.2, -0.15) is 5.10 Å². The number of rotatable bonds is 4. The first-order valence-corrected chi connectivity index (χ1v) is 8.09. The van der Waals surface area contributed by atoms with Crippen molar-refractivity contribution in [2.45, 2.75) is 32.1 Å². The summed E-state index contributed by atoms with van der Waals surface area (Å²) in [5.74, 6) is 1.16. The van der Waals surface area contributed by atoms with Crippen LogP contribution in [0.15, 0.2) is 36.8 Å². The van der Waals surface area contributed by atoms with Crippen LogP contribution in [0.3, 0.4) is 0 Å². The molecule has 2 N–H and O–H groups in total. The van der Waals surface area contributed by atoms with Crippen molar-refractivity contribution in [2.75, 3.05) is 5.32 Å². The number of fused-ring (bicyclic) bond motifs is 1. The number of hydrogen-bond donors (Lipinski definition) is 2. The fourth-order valence-corrected chi connectivity index (χ4v) is 3.30. The number of aryl methyl sites for hydroxylation is 1. The van der Waals surface area contributed by atoms with Crippen LogP contribution in [0.4, 0.5) is 5.82 Å². The summed E-state index contributed by atoms with van der Waals surface area (Å²) in [5, 5.41) is 10.2. The van der Waals surface area contributed by atoms with Crippen molar-refractivity contribution in [3.8, 4) is 5.95 Å². The van der Waals surface area contributed by atoms with E-state index in [1.165, 1.54) is 0 Å². The lowest BCUT2D eigenvalue weighted by Gasteiger charge is -2.24. The van der Waals surface area contributed by atoms with Gasteiger partial charge in [-0.3, -0.25) is 14.5 Å². The molecule has 3 aromatic heterocycles. The second kappa shape index (κ2) is 5.92. The molecule has 7 heteroatoms. The van der Waals surface area contributed by atoms with Gasteiger partial charge in [0.05, 0.1) is 0 Å². The SMILES string of the molecule is CCCc1[nH]nc2c1C(c1cccn1-c1ncccn1)CC(=O)N2. The molecular weight excluding hydrogens is 304 g/mol. The van der Waals surface area contributed by atoms with E-state index in [9.17, 15) is 4.79 Å². The van der Waals surface area contributed by atoms with Gasteiger partial charge in [0.25, 0.3) is 0 Å². The van der Waals surface area contributed by atoms with Crippen LogP contribution in [0.5, 0.6) is 0 Å². The second-order valence-corrected chi connectivity index (χ2v) is 5.87. The lowest BCUT2D eigenvalue weighted by Crippen LogP contribution is -2.25. The highest BCUT2D eigenvalue weighted by Crippen LogP contribution is 2.39. The number of aromatic nitrogens is 5. The zero-order valence-corrected chi connectivity index (χ0v) is 13.4. The summed E-state index contributed by atoms with van der Waals surface area (Å²) in [6.07, 6.45) is 7.66. The van der Waals surface area contributed by atoms with Gasteiger partial charge in [0.15, 0.2) is 5.82 Å². The van der Waals surface area contributed by atoms with Crippen LogP contribution in [-0.2, 0) is 11.2 Å². The Bertz CT molecular complexity index is 866. The summed E-state index contributed by atoms with van der Waals surface area (Å²) in [7, 11) is 0. The molecule has 122 valence electrons. The fourth-order valence-electron chi connectivity index (χ4n) is 3.30. The molecule has 1 unspecified atom stereocenters. The van der Waals surface area contributed by atoms with Gasteiger partial charge in [-0.1, -0.05) is 13.3 Å². The third-order valence-corrected chi connectivity index (χ3v) is 4.28. The zero-order valence-electron chi connectivity index (χ0n) is 13.4. The Morgan fingerprint density at radius 1 is 1.29 bits per heavy atom. The minimum atomic E-state index is -0.0622. The van der Waals surface area contributed by atoms with E-state index in [-0.39, 0.29) is 11.8 Å². The average molecular weight is 322 g/mol. The molecule has 0 bridgehead atoms. The minimum Gasteiger partial charge on any atom is -0.309 e. The zero-order chi connectivity index (χ0) is 16.5. The highest BCUT2D eigenvalue weighted by Gasteiger charge is 2.33. The molecule has 0 fully saturated rings. The Labute approximate surface area is 139 Å². The third kappa shape index (κ3) is 2.38. The highest BCUT2D eigenvalue weighted by atomic mass is 16.1. The van der Waals surface area contributed by atoms with E-state index in [0.29, 0.717) is 18.2 Å². The molecule has 24 heavy (non-hydrogen) atoms. The maximum atomic E-state index is 12.1. The van der Waals surface area contributed by atoms with Gasteiger partial charge in [-0.05, 0) is 24.6 Å². The number of H-pyrrole nitrogens is 1. The molecule has 4 heterocycles. The molecule has 0 spiro atoms. The van der Waals surface area contributed by atoms with E-state index in [0.717, 1.165) is 29.8 Å². The lowest BCUT2D eigenvalue weighted by molar-refractivity contribution is -0.116. The molecule has 0 aliphatic carbocycles. The predicted molar refractivity (Wildman–Crippen MR) is 89.0 cm³/mol. The molecule has 0 aromatic carbocycles. The molecule has 0 radical (unpaired) electrons. The van der Waals surface area contributed by atoms with E-state index in [1.807, 2.05) is 22.9 Å². The molecule has 3 aromatic rings. The highest BCUT2D eigenvalue weighted by molar-refractivity contribution is 5.94. The molecule has 1 amide bonds. The number of hydrogen-bond acceptors (Lipinski definition) is 4. The predicted octanol–water partition coefficient (Wildman–Crippen LogP) is 2.42. The maximum Gasteiger partial charge on any atom is 0.233 e. The van der Waals surface area contributed by atoms with Gasteiger partial charge in [0.2, 0.25) is 11.9 Å². The molecule has 7 nitrogen and oxygen atoms in total. The topological polar surface area (TPSA) is 88.5 Å². The van der Waals surface area contributed by atoms with Gasteiger partial charge in [-0.15, -0.1) is 0 Å². The van der Waals surface area contributed by atoms with Crippen molar-refractivity contribution in [1.82, 2.24) is 24.7 Å². The molecule has 4 rings (SSSR count). The van der Waals surface area contributed by atoms with E-state index in [1.54, 1.807) is 18.5 Å². The first kappa shape index (κ1) is 14.6. The van der Waals surface area contributed by atoms with Crippen LogP contribution in [0.1, 0.15) is 42.6 Å². The van der Waals surface area contributed by atoms with Crippen LogP contribution < -0.4 is 5.32 Å². The summed E-state index contributed by atoms with van der Waals surface area (Å²) in [4.78, 5) is 20.8. The Balaban J connectivity index is 1.83. The maximum absolute atomic E-state index is 12.1. The molecular formula is C17H18N6O. The Hall–Kier alpha value is -2.96. The number of anilines is 1. The number of carbonyl (C=O) groups is 1. The molecule has 0 saturated heterocycles. The van der Waals surface area contributed by atoms with Crippen LogP contribution in [0.2, 0.25) is 0 Å². The fraction of sp³-hybridized carbons (Fsp3) is 0.294. The third-order valence-electron chi connectivity index (χ3n) is 4.28. The lowest BCUT2D eigenvalue weighted by atomic mass is 9.88. The number of aromatic amines is 1. The van der Waals surface area contributed by atoms with Gasteiger partial charge < -0.3 is 5.32 Å². The van der Waals surface area contributed by atoms with Crippen molar-refractivity contribution in [3.63, 3.8) is 0 Å². The standard InChI is InChI=1S/C17H18N6O/c1-2-5-12-15-11(10-14(24)20-16(15)22-21-12)13-6-3-9-23(13)17-18-7-4-8-19-17/h3-4,6-9,11H,2,5,10H2,1H3,(H2,20,21,22,24). The number of nitrogens with zero attached hydrogens (tertiary/aromatic N) is 4. The molecule has 1 aliphatic rings. The monoisotopic (exact) mass is 322 g/mol. The minimum absolute atomic E-state index is 0.0243. The van der Waals surface area contributed by atoms with Crippen LogP contribution in [0.25, 0.3) is 5.95 Å². The molecule has 0 saturated carbocycles. The van der Waals surface area contributed by atoms with Gasteiger partial charge in [0, 0.05) is 47.9 Å². The van der Waals surface area contributed by atoms with Crippen LogP contribution in [0, 0.1) is 0 Å². The number of carbonyl (C=O) groups excluding carboxylic acids is 1. The van der Waals surface area contributed by atoms with E-state index < -0.39 is 0 Å². The van der Waals surface area contributed by atoms with Crippen LogP contribution in [-0.4, -0.2) is 30.6 Å². The van der Waals surface area contributed by atoms with Gasteiger partial charge in [-0.25, -0.2) is 9.97 Å². The molecule has 1 aliphatic heterocycles. The summed E-state index contributed by atoms with van der Waals surface area (Å²) in [6.45, 7) is 2.13. The Morgan fingerprint density at radius 3 is 2.92 bits per heavy atom. The molecule has 1 atom stereocenters. The van der Waals surface area contributed by atoms with Crippen molar-refractivity contribution in [2.24, 2.45) is 0 Å². The van der Waals surface area contributed by atoms with Gasteiger partial charge in [0.1, 0.15) is 0 Å². The number of nitrogens with one attached hydrogen (secondary N) is 2. The van der Waals surface area contributed by atoms with Crippen molar-refractivity contribution < 1.29 is 4.79 Å². The van der Waals surface area contributed by atoms with E-state index >= 15 is 0 Å². The Morgan fingerprint density at radius 2 is 2.12 bits per heavy atom. The van der Waals surface area contributed by atoms with E-state index in [4.69, 9.17) is 0 Å². The van der Waals surface area contributed by atoms with E-state index in [2.05, 4.69) is 32.4 Å². The van der Waals surface area contributed by atoms with Crippen molar-refractivity contribution >= 4 is 11.7 Å². The first-order chi connectivity index (χ1) is 11.8. The average Bonchev–Trinajstić information content (AvgIpc) is 3.23. The summed E-state index contributed by atoms with van der Waals surface area (Å²) in [6, 6.07) is 5.76. The smallest absolute Gasteiger partial charge is 0.233 e.